The Hall–Kier alpha value is -0.650. The third kappa shape index (κ3) is 3.40. The minimum absolute atomic E-state index is 0.0518. The quantitative estimate of drug-likeness (QED) is 0.761. The van der Waals surface area contributed by atoms with Gasteiger partial charge >= 0.3 is 0 Å². The molecule has 0 bridgehead atoms. The number of hydrogen-bond donors (Lipinski definition) is 1. The van der Waals surface area contributed by atoms with Gasteiger partial charge in [-0.15, -0.1) is 0 Å². The smallest absolute Gasteiger partial charge is 0.251 e. The van der Waals surface area contributed by atoms with E-state index in [2.05, 4.69) is 0 Å². The molecule has 2 N–H and O–H groups in total. The van der Waals surface area contributed by atoms with E-state index in [1.165, 1.54) is 0 Å². The normalized spacial score (nSPS) is 30.8. The molecule has 2 aliphatic rings. The highest BCUT2D eigenvalue weighted by Crippen LogP contribution is 2.14. The van der Waals surface area contributed by atoms with Gasteiger partial charge in [0.15, 0.2) is 0 Å². The second kappa shape index (κ2) is 5.80. The maximum Gasteiger partial charge on any atom is 0.251 e. The van der Waals surface area contributed by atoms with Crippen LogP contribution in [0.5, 0.6) is 0 Å². The molecule has 98 valence electrons. The monoisotopic (exact) mass is 242 g/mol. The molecule has 2 saturated heterocycles. The predicted octanol–water partition coefficient (Wildman–Crippen LogP) is 0.130. The summed E-state index contributed by atoms with van der Waals surface area (Å²) in [4.78, 5) is 13.8. The standard InChI is InChI=1S/C12H22N2O3/c1-9(17-8-11-3-2-6-16-11)12(15)14-5-4-10(13)7-14/h9-11H,2-8,13H2,1H3/t9?,10-,11?/m1/s1. The zero-order valence-electron chi connectivity index (χ0n) is 10.4. The number of nitrogens with zero attached hydrogens (tertiary/aromatic N) is 1. The van der Waals surface area contributed by atoms with Gasteiger partial charge in [-0.05, 0) is 26.2 Å². The summed E-state index contributed by atoms with van der Waals surface area (Å²) in [6.45, 7) is 4.56. The molecule has 1 amide bonds. The third-order valence-corrected chi connectivity index (χ3v) is 3.44. The first-order valence-electron chi connectivity index (χ1n) is 6.44. The van der Waals surface area contributed by atoms with Gasteiger partial charge in [0.2, 0.25) is 0 Å². The van der Waals surface area contributed by atoms with E-state index >= 15 is 0 Å². The van der Waals surface area contributed by atoms with E-state index in [0.717, 1.165) is 32.4 Å². The van der Waals surface area contributed by atoms with Crippen LogP contribution in [0, 0.1) is 0 Å². The second-order valence-corrected chi connectivity index (χ2v) is 4.94. The van der Waals surface area contributed by atoms with Crippen LogP contribution in [0.3, 0.4) is 0 Å². The lowest BCUT2D eigenvalue weighted by Gasteiger charge is -2.22. The third-order valence-electron chi connectivity index (χ3n) is 3.44. The van der Waals surface area contributed by atoms with Gasteiger partial charge in [-0.3, -0.25) is 4.79 Å². The van der Waals surface area contributed by atoms with Crippen molar-refractivity contribution in [2.45, 2.75) is 44.4 Å². The molecule has 0 aromatic carbocycles. The van der Waals surface area contributed by atoms with Gasteiger partial charge in [0.05, 0.1) is 12.7 Å². The second-order valence-electron chi connectivity index (χ2n) is 4.94. The van der Waals surface area contributed by atoms with Crippen LogP contribution >= 0.6 is 0 Å². The number of amides is 1. The van der Waals surface area contributed by atoms with Gasteiger partial charge in [0.1, 0.15) is 6.10 Å². The zero-order chi connectivity index (χ0) is 12.3. The van der Waals surface area contributed by atoms with Crippen LogP contribution in [0.2, 0.25) is 0 Å². The van der Waals surface area contributed by atoms with Crippen LogP contribution < -0.4 is 5.73 Å². The lowest BCUT2D eigenvalue weighted by molar-refractivity contribution is -0.143. The topological polar surface area (TPSA) is 64.8 Å². The molecule has 5 nitrogen and oxygen atoms in total. The molecule has 17 heavy (non-hydrogen) atoms. The molecule has 5 heteroatoms. The molecule has 0 spiro atoms. The Balaban J connectivity index is 1.71. The van der Waals surface area contributed by atoms with Crippen LogP contribution in [-0.4, -0.2) is 55.4 Å². The fourth-order valence-electron chi connectivity index (χ4n) is 2.34. The average molecular weight is 242 g/mol. The Labute approximate surface area is 102 Å². The number of hydrogen-bond acceptors (Lipinski definition) is 4. The molecule has 2 rings (SSSR count). The summed E-state index contributed by atoms with van der Waals surface area (Å²) >= 11 is 0. The first-order valence-corrected chi connectivity index (χ1v) is 6.44. The first-order chi connectivity index (χ1) is 8.16. The van der Waals surface area contributed by atoms with Crippen molar-refractivity contribution in [1.82, 2.24) is 4.90 Å². The Bertz CT molecular complexity index is 266. The lowest BCUT2D eigenvalue weighted by Crippen LogP contribution is -2.39. The molecule has 2 unspecified atom stereocenters. The minimum Gasteiger partial charge on any atom is -0.376 e. The number of carbonyl (C=O) groups excluding carboxylic acids is 1. The number of nitrogens with two attached hydrogens (primary N) is 1. The SMILES string of the molecule is CC(OCC1CCCO1)C(=O)N1CC[C@@H](N)C1. The molecule has 0 radical (unpaired) electrons. The summed E-state index contributed by atoms with van der Waals surface area (Å²) in [6.07, 6.45) is 2.81. The summed E-state index contributed by atoms with van der Waals surface area (Å²) in [5.41, 5.74) is 5.78. The molecular weight excluding hydrogens is 220 g/mol. The van der Waals surface area contributed by atoms with Crippen molar-refractivity contribution in [2.75, 3.05) is 26.3 Å². The van der Waals surface area contributed by atoms with E-state index in [0.29, 0.717) is 13.2 Å². The van der Waals surface area contributed by atoms with Crippen LogP contribution in [-0.2, 0) is 14.3 Å². The Morgan fingerprint density at radius 3 is 3.00 bits per heavy atom. The highest BCUT2D eigenvalue weighted by atomic mass is 16.5. The zero-order valence-corrected chi connectivity index (χ0v) is 10.4. The van der Waals surface area contributed by atoms with Gasteiger partial charge in [0, 0.05) is 25.7 Å². The van der Waals surface area contributed by atoms with Crippen molar-refractivity contribution >= 4 is 5.91 Å². The summed E-state index contributed by atoms with van der Waals surface area (Å²) in [5.74, 6) is 0.0518. The van der Waals surface area contributed by atoms with E-state index in [1.807, 2.05) is 0 Å². The van der Waals surface area contributed by atoms with Crippen LogP contribution in [0.4, 0.5) is 0 Å². The average Bonchev–Trinajstić information content (AvgIpc) is 2.95. The van der Waals surface area contributed by atoms with Gasteiger partial charge < -0.3 is 20.1 Å². The fraction of sp³-hybridized carbons (Fsp3) is 0.917. The predicted molar refractivity (Wildman–Crippen MR) is 63.6 cm³/mol. The van der Waals surface area contributed by atoms with Crippen molar-refractivity contribution in [3.05, 3.63) is 0 Å². The number of carbonyl (C=O) groups is 1. The fourth-order valence-corrected chi connectivity index (χ4v) is 2.34. The molecular formula is C12H22N2O3. The van der Waals surface area contributed by atoms with Gasteiger partial charge in [0.25, 0.3) is 5.91 Å². The summed E-state index contributed by atoms with van der Waals surface area (Å²) < 4.78 is 11.0. The van der Waals surface area contributed by atoms with E-state index in [4.69, 9.17) is 15.2 Å². The highest BCUT2D eigenvalue weighted by Gasteiger charge is 2.28. The van der Waals surface area contributed by atoms with Crippen molar-refractivity contribution in [3.8, 4) is 0 Å². The maximum atomic E-state index is 12.0. The number of ether oxygens (including phenoxy) is 2. The summed E-state index contributed by atoms with van der Waals surface area (Å²) in [5, 5.41) is 0. The molecule has 2 heterocycles. The first kappa shape index (κ1) is 12.8. The Kier molecular flexibility index (Phi) is 4.36. The summed E-state index contributed by atoms with van der Waals surface area (Å²) in [6, 6.07) is 0.129. The van der Waals surface area contributed by atoms with E-state index in [9.17, 15) is 4.79 Å². The van der Waals surface area contributed by atoms with Crippen LogP contribution in [0.15, 0.2) is 0 Å². The molecule has 0 saturated carbocycles. The molecule has 3 atom stereocenters. The lowest BCUT2D eigenvalue weighted by atomic mass is 10.2. The number of likely N-dealkylation sites (tertiary alicyclic amines) is 1. The van der Waals surface area contributed by atoms with Crippen LogP contribution in [0.1, 0.15) is 26.2 Å². The van der Waals surface area contributed by atoms with E-state index < -0.39 is 0 Å². The molecule has 2 fully saturated rings. The highest BCUT2D eigenvalue weighted by molar-refractivity contribution is 5.80. The van der Waals surface area contributed by atoms with Crippen molar-refractivity contribution in [1.29, 1.82) is 0 Å². The number of rotatable bonds is 4. The molecule has 0 aromatic rings. The molecule has 0 aromatic heterocycles. The van der Waals surface area contributed by atoms with Crippen molar-refractivity contribution in [3.63, 3.8) is 0 Å². The van der Waals surface area contributed by atoms with Crippen molar-refractivity contribution < 1.29 is 14.3 Å². The maximum absolute atomic E-state index is 12.0. The van der Waals surface area contributed by atoms with Gasteiger partial charge in [-0.2, -0.15) is 0 Å². The molecule has 0 aliphatic carbocycles. The van der Waals surface area contributed by atoms with Gasteiger partial charge in [-0.1, -0.05) is 0 Å². The van der Waals surface area contributed by atoms with E-state index in [1.54, 1.807) is 11.8 Å². The van der Waals surface area contributed by atoms with Crippen molar-refractivity contribution in [2.24, 2.45) is 5.73 Å². The van der Waals surface area contributed by atoms with E-state index in [-0.39, 0.29) is 24.2 Å². The summed E-state index contributed by atoms with van der Waals surface area (Å²) in [7, 11) is 0. The Morgan fingerprint density at radius 1 is 1.59 bits per heavy atom. The minimum atomic E-state index is -0.385. The largest absolute Gasteiger partial charge is 0.376 e. The molecule has 2 aliphatic heterocycles. The van der Waals surface area contributed by atoms with Crippen LogP contribution in [0.25, 0.3) is 0 Å². The van der Waals surface area contributed by atoms with Gasteiger partial charge in [-0.25, -0.2) is 0 Å². The Morgan fingerprint density at radius 2 is 2.41 bits per heavy atom.